The average Bonchev–Trinajstić information content (AvgIpc) is 3.23. The first-order valence-electron chi connectivity index (χ1n) is 9.61. The lowest BCUT2D eigenvalue weighted by Gasteiger charge is -2.08. The summed E-state index contributed by atoms with van der Waals surface area (Å²) in [6.07, 6.45) is 1.44. The fraction of sp³-hybridized carbons (Fsp3) is 0.174. The Morgan fingerprint density at radius 1 is 0.933 bits per heavy atom. The van der Waals surface area contributed by atoms with Gasteiger partial charge >= 0.3 is 0 Å². The monoisotopic (exact) mass is 418 g/mol. The second-order valence-corrected chi connectivity index (χ2v) is 7.66. The number of aromatic nitrogens is 2. The molecule has 0 radical (unpaired) electrons. The lowest BCUT2D eigenvalue weighted by atomic mass is 10.1. The number of amides is 1. The Bertz CT molecular complexity index is 1130. The first kappa shape index (κ1) is 20.0. The van der Waals surface area contributed by atoms with Gasteiger partial charge in [0.1, 0.15) is 11.2 Å². The van der Waals surface area contributed by atoms with Crippen molar-refractivity contribution in [2.75, 3.05) is 7.11 Å². The summed E-state index contributed by atoms with van der Waals surface area (Å²) in [5, 5.41) is 8.86. The van der Waals surface area contributed by atoms with Gasteiger partial charge < -0.3 is 15.4 Å². The summed E-state index contributed by atoms with van der Waals surface area (Å²) in [6, 6.07) is 18.6. The number of carbonyl (C=O) groups is 1. The summed E-state index contributed by atoms with van der Waals surface area (Å²) in [4.78, 5) is 21.7. The van der Waals surface area contributed by atoms with Gasteiger partial charge in [0, 0.05) is 25.0 Å². The fourth-order valence-corrected chi connectivity index (χ4v) is 4.05. The van der Waals surface area contributed by atoms with Gasteiger partial charge in [-0.15, -0.1) is 11.3 Å². The van der Waals surface area contributed by atoms with Crippen LogP contribution in [0.5, 0.6) is 5.88 Å². The number of hydrogen-bond acceptors (Lipinski definition) is 6. The molecule has 152 valence electrons. The number of rotatable bonds is 8. The highest BCUT2D eigenvalue weighted by Gasteiger charge is 2.17. The maximum atomic E-state index is 12.7. The highest BCUT2D eigenvalue weighted by molar-refractivity contribution is 7.17. The first-order valence-corrected chi connectivity index (χ1v) is 10.5. The predicted octanol–water partition coefficient (Wildman–Crippen LogP) is 3.92. The Labute approximate surface area is 179 Å². The van der Waals surface area contributed by atoms with Crippen molar-refractivity contribution in [3.8, 4) is 5.88 Å². The number of nitrogens with zero attached hydrogens (tertiary/aromatic N) is 2. The lowest BCUT2D eigenvalue weighted by molar-refractivity contribution is 0.0952. The Morgan fingerprint density at radius 3 is 2.30 bits per heavy atom. The molecule has 2 heterocycles. The van der Waals surface area contributed by atoms with Crippen molar-refractivity contribution in [1.29, 1.82) is 0 Å². The van der Waals surface area contributed by atoms with E-state index in [0.717, 1.165) is 23.5 Å². The molecule has 0 aliphatic heterocycles. The van der Waals surface area contributed by atoms with Crippen LogP contribution in [0.3, 0.4) is 0 Å². The Morgan fingerprint density at radius 2 is 1.60 bits per heavy atom. The van der Waals surface area contributed by atoms with Gasteiger partial charge in [-0.3, -0.25) is 4.79 Å². The molecule has 2 aromatic carbocycles. The highest BCUT2D eigenvalue weighted by atomic mass is 32.1. The second kappa shape index (κ2) is 9.47. The zero-order valence-corrected chi connectivity index (χ0v) is 17.4. The van der Waals surface area contributed by atoms with Crippen LogP contribution in [0.15, 0.2) is 66.3 Å². The number of hydrogen-bond donors (Lipinski definition) is 2. The third-order valence-electron chi connectivity index (χ3n) is 4.75. The number of ether oxygens (including phenoxy) is 1. The summed E-state index contributed by atoms with van der Waals surface area (Å²) in [7, 11) is 1.54. The third kappa shape index (κ3) is 4.64. The van der Waals surface area contributed by atoms with Crippen LogP contribution in [0, 0.1) is 0 Å². The van der Waals surface area contributed by atoms with Crippen molar-refractivity contribution in [3.63, 3.8) is 0 Å². The number of benzene rings is 2. The Kier molecular flexibility index (Phi) is 6.32. The van der Waals surface area contributed by atoms with Crippen molar-refractivity contribution in [2.45, 2.75) is 19.6 Å². The van der Waals surface area contributed by atoms with Crippen LogP contribution in [0.4, 0.5) is 0 Å². The van der Waals surface area contributed by atoms with Gasteiger partial charge in [0.2, 0.25) is 5.88 Å². The predicted molar refractivity (Wildman–Crippen MR) is 119 cm³/mol. The molecule has 1 amide bonds. The quantitative estimate of drug-likeness (QED) is 0.454. The van der Waals surface area contributed by atoms with Crippen molar-refractivity contribution >= 4 is 27.5 Å². The zero-order chi connectivity index (χ0) is 20.8. The van der Waals surface area contributed by atoms with Crippen LogP contribution in [-0.2, 0) is 19.6 Å². The van der Waals surface area contributed by atoms with E-state index in [2.05, 4.69) is 44.9 Å². The summed E-state index contributed by atoms with van der Waals surface area (Å²) in [6.45, 7) is 2.08. The van der Waals surface area contributed by atoms with E-state index >= 15 is 0 Å². The van der Waals surface area contributed by atoms with Crippen molar-refractivity contribution in [3.05, 3.63) is 88.6 Å². The van der Waals surface area contributed by atoms with Crippen LogP contribution in [0.2, 0.25) is 0 Å². The minimum atomic E-state index is -0.164. The van der Waals surface area contributed by atoms with E-state index in [-0.39, 0.29) is 5.91 Å². The minimum Gasteiger partial charge on any atom is -0.480 e. The number of thiophene rings is 1. The molecule has 0 unspecified atom stereocenters. The fourth-order valence-electron chi connectivity index (χ4n) is 3.17. The van der Waals surface area contributed by atoms with Crippen LogP contribution >= 0.6 is 11.3 Å². The van der Waals surface area contributed by atoms with E-state index in [1.807, 2.05) is 30.3 Å². The molecule has 0 atom stereocenters. The van der Waals surface area contributed by atoms with E-state index in [4.69, 9.17) is 4.74 Å². The number of fused-ring (bicyclic) bond motifs is 1. The third-order valence-corrected chi connectivity index (χ3v) is 5.64. The van der Waals surface area contributed by atoms with Crippen LogP contribution in [0.1, 0.15) is 27.0 Å². The van der Waals surface area contributed by atoms with E-state index in [1.54, 1.807) is 5.38 Å². The lowest BCUT2D eigenvalue weighted by Crippen LogP contribution is -2.22. The highest BCUT2D eigenvalue weighted by Crippen LogP contribution is 2.30. The molecular weight excluding hydrogens is 396 g/mol. The van der Waals surface area contributed by atoms with Gasteiger partial charge in [0.15, 0.2) is 0 Å². The average molecular weight is 419 g/mol. The summed E-state index contributed by atoms with van der Waals surface area (Å²) in [5.74, 6) is 0.252. The van der Waals surface area contributed by atoms with Gasteiger partial charge in [-0.1, -0.05) is 54.6 Å². The molecule has 4 aromatic rings. The molecule has 0 aliphatic rings. The molecule has 30 heavy (non-hydrogen) atoms. The summed E-state index contributed by atoms with van der Waals surface area (Å²) >= 11 is 1.40. The maximum absolute atomic E-state index is 12.7. The topological polar surface area (TPSA) is 76.1 Å². The maximum Gasteiger partial charge on any atom is 0.253 e. The van der Waals surface area contributed by atoms with E-state index in [1.165, 1.54) is 35.9 Å². The van der Waals surface area contributed by atoms with Gasteiger partial charge in [-0.25, -0.2) is 9.97 Å². The van der Waals surface area contributed by atoms with Gasteiger partial charge in [0.05, 0.1) is 18.1 Å². The first-order chi connectivity index (χ1) is 14.7. The van der Waals surface area contributed by atoms with Crippen molar-refractivity contribution in [2.24, 2.45) is 0 Å². The molecule has 6 nitrogen and oxygen atoms in total. The van der Waals surface area contributed by atoms with E-state index < -0.39 is 0 Å². The van der Waals surface area contributed by atoms with Gasteiger partial charge in [-0.05, 0) is 16.7 Å². The summed E-state index contributed by atoms with van der Waals surface area (Å²) < 4.78 is 5.28. The number of nitrogens with one attached hydrogen (secondary N) is 2. The molecule has 0 spiro atoms. The molecular formula is C23H22N4O2S. The number of carbonyl (C=O) groups excluding carboxylic acids is 1. The van der Waals surface area contributed by atoms with Crippen LogP contribution in [-0.4, -0.2) is 23.0 Å². The second-order valence-electron chi connectivity index (χ2n) is 6.80. The Balaban J connectivity index is 1.32. The SMILES string of the molecule is COc1ncnc2scc(C(=O)NCc3ccc(CNCc4ccccc4)cc3)c12. The van der Waals surface area contributed by atoms with Gasteiger partial charge in [-0.2, -0.15) is 0 Å². The molecule has 4 rings (SSSR count). The van der Waals surface area contributed by atoms with Crippen molar-refractivity contribution in [1.82, 2.24) is 20.6 Å². The molecule has 0 saturated carbocycles. The van der Waals surface area contributed by atoms with Crippen molar-refractivity contribution < 1.29 is 9.53 Å². The van der Waals surface area contributed by atoms with Crippen LogP contribution in [0.25, 0.3) is 10.2 Å². The molecule has 0 saturated heterocycles. The largest absolute Gasteiger partial charge is 0.480 e. The zero-order valence-electron chi connectivity index (χ0n) is 16.6. The molecule has 2 N–H and O–H groups in total. The molecule has 0 bridgehead atoms. The molecule has 7 heteroatoms. The molecule has 2 aromatic heterocycles. The minimum absolute atomic E-state index is 0.164. The van der Waals surface area contributed by atoms with Crippen LogP contribution < -0.4 is 15.4 Å². The van der Waals surface area contributed by atoms with E-state index in [0.29, 0.717) is 23.4 Å². The van der Waals surface area contributed by atoms with E-state index in [9.17, 15) is 4.79 Å². The normalized spacial score (nSPS) is 10.8. The summed E-state index contributed by atoms with van der Waals surface area (Å²) in [5.41, 5.74) is 4.04. The standard InChI is InChI=1S/C23H22N4O2S/c1-29-22-20-19(14-30-23(20)27-15-26-22)21(28)25-13-18-9-7-17(8-10-18)12-24-11-16-5-3-2-4-6-16/h2-10,14-15,24H,11-13H2,1H3,(H,25,28). The number of methoxy groups -OCH3 is 1. The molecule has 0 aliphatic carbocycles. The van der Waals surface area contributed by atoms with Gasteiger partial charge in [0.25, 0.3) is 5.91 Å². The molecule has 0 fully saturated rings. The smallest absolute Gasteiger partial charge is 0.253 e. The Hall–Kier alpha value is -3.29.